The van der Waals surface area contributed by atoms with Gasteiger partial charge in [-0.15, -0.1) is 10.2 Å². The van der Waals surface area contributed by atoms with E-state index < -0.39 is 0 Å². The van der Waals surface area contributed by atoms with Crippen molar-refractivity contribution in [3.8, 4) is 5.88 Å². The van der Waals surface area contributed by atoms with Gasteiger partial charge in [0.25, 0.3) is 0 Å². The molecule has 1 aliphatic rings. The minimum Gasteiger partial charge on any atom is -0.476 e. The molecule has 1 aliphatic heterocycles. The van der Waals surface area contributed by atoms with Crippen molar-refractivity contribution >= 4 is 23.1 Å². The number of halogens is 1. The number of nitrogens with zero attached hydrogens (tertiary/aromatic N) is 6. The molecule has 0 bridgehead atoms. The lowest BCUT2D eigenvalue weighted by Gasteiger charge is -2.33. The highest BCUT2D eigenvalue weighted by Crippen LogP contribution is 2.26. The molecule has 0 saturated carbocycles. The average Bonchev–Trinajstić information content (AvgIpc) is 3.03. The van der Waals surface area contributed by atoms with Crippen molar-refractivity contribution < 1.29 is 4.74 Å². The number of anilines is 1. The van der Waals surface area contributed by atoms with Crippen LogP contribution >= 0.6 is 11.6 Å². The molecule has 1 fully saturated rings. The maximum absolute atomic E-state index is 6.11. The Bertz CT molecular complexity index is 882. The number of fused-ring (bicyclic) bond motifs is 1. The molecule has 4 rings (SSSR count). The van der Waals surface area contributed by atoms with Crippen molar-refractivity contribution in [3.63, 3.8) is 0 Å². The van der Waals surface area contributed by atoms with Crippen LogP contribution in [0.25, 0.3) is 5.65 Å². The van der Waals surface area contributed by atoms with E-state index in [4.69, 9.17) is 16.3 Å². The molecule has 3 aromatic heterocycles. The normalized spacial score (nSPS) is 17.8. The van der Waals surface area contributed by atoms with Crippen LogP contribution < -0.4 is 9.64 Å². The first-order chi connectivity index (χ1) is 12.2. The van der Waals surface area contributed by atoms with E-state index in [2.05, 4.69) is 25.1 Å². The quantitative estimate of drug-likeness (QED) is 0.714. The predicted molar refractivity (Wildman–Crippen MR) is 95.2 cm³/mol. The molecule has 0 amide bonds. The molecule has 7 nitrogen and oxygen atoms in total. The summed E-state index contributed by atoms with van der Waals surface area (Å²) in [5.41, 5.74) is 0.800. The van der Waals surface area contributed by atoms with E-state index in [0.717, 1.165) is 43.2 Å². The molecule has 3 aromatic rings. The molecule has 0 aromatic carbocycles. The Kier molecular flexibility index (Phi) is 4.40. The summed E-state index contributed by atoms with van der Waals surface area (Å²) >= 11 is 6.11. The molecule has 130 valence electrons. The van der Waals surface area contributed by atoms with E-state index in [-0.39, 0.29) is 0 Å². The van der Waals surface area contributed by atoms with Crippen molar-refractivity contribution in [1.29, 1.82) is 0 Å². The summed E-state index contributed by atoms with van der Waals surface area (Å²) in [6.45, 7) is 4.34. The molecule has 25 heavy (non-hydrogen) atoms. The van der Waals surface area contributed by atoms with Gasteiger partial charge in [0.05, 0.1) is 6.61 Å². The standard InChI is InChI=1S/C17H19ClN6O/c1-12-21-22-16-15(19-7-9-24(12)16)23-8-3-4-13(10-23)11-25-17-14(18)5-2-6-20-17/h2,5-7,9,13H,3-4,8,10-11H2,1H3. The van der Waals surface area contributed by atoms with Crippen LogP contribution in [0.15, 0.2) is 30.7 Å². The first kappa shape index (κ1) is 16.1. The van der Waals surface area contributed by atoms with E-state index >= 15 is 0 Å². The molecule has 0 N–H and O–H groups in total. The van der Waals surface area contributed by atoms with Gasteiger partial charge >= 0.3 is 0 Å². The summed E-state index contributed by atoms with van der Waals surface area (Å²) in [4.78, 5) is 11.0. The van der Waals surface area contributed by atoms with Crippen molar-refractivity contribution in [3.05, 3.63) is 41.6 Å². The van der Waals surface area contributed by atoms with Crippen molar-refractivity contribution in [2.45, 2.75) is 19.8 Å². The van der Waals surface area contributed by atoms with Gasteiger partial charge in [0.15, 0.2) is 5.82 Å². The Hall–Kier alpha value is -2.41. The van der Waals surface area contributed by atoms with Crippen molar-refractivity contribution in [1.82, 2.24) is 24.6 Å². The lowest BCUT2D eigenvalue weighted by atomic mass is 9.99. The van der Waals surface area contributed by atoms with Crippen molar-refractivity contribution in [2.75, 3.05) is 24.6 Å². The van der Waals surface area contributed by atoms with Gasteiger partial charge in [-0.25, -0.2) is 9.97 Å². The fraction of sp³-hybridized carbons (Fsp3) is 0.412. The highest BCUT2D eigenvalue weighted by atomic mass is 35.5. The second-order valence-electron chi connectivity index (χ2n) is 6.25. The number of hydrogen-bond acceptors (Lipinski definition) is 6. The van der Waals surface area contributed by atoms with Crippen LogP contribution in [0.1, 0.15) is 18.7 Å². The van der Waals surface area contributed by atoms with Gasteiger partial charge in [-0.05, 0) is 31.9 Å². The number of ether oxygens (including phenoxy) is 1. The molecule has 0 spiro atoms. The maximum atomic E-state index is 6.11. The SMILES string of the molecule is Cc1nnc2c(N3CCCC(COc4ncccc4Cl)C3)nccn12. The Labute approximate surface area is 150 Å². The number of pyridine rings is 1. The topological polar surface area (TPSA) is 68.4 Å². The largest absolute Gasteiger partial charge is 0.476 e. The van der Waals surface area contributed by atoms with Crippen LogP contribution in [-0.4, -0.2) is 44.3 Å². The first-order valence-electron chi connectivity index (χ1n) is 8.37. The van der Waals surface area contributed by atoms with Gasteiger partial charge in [-0.1, -0.05) is 11.6 Å². The van der Waals surface area contributed by atoms with Gasteiger partial charge in [-0.2, -0.15) is 0 Å². The Morgan fingerprint density at radius 1 is 1.28 bits per heavy atom. The molecule has 0 radical (unpaired) electrons. The first-order valence-corrected chi connectivity index (χ1v) is 8.75. The molecule has 0 aliphatic carbocycles. The van der Waals surface area contributed by atoms with Crippen LogP contribution in [0.5, 0.6) is 5.88 Å². The molecule has 1 saturated heterocycles. The number of rotatable bonds is 4. The lowest BCUT2D eigenvalue weighted by molar-refractivity contribution is 0.222. The maximum Gasteiger partial charge on any atom is 0.232 e. The zero-order valence-corrected chi connectivity index (χ0v) is 14.7. The van der Waals surface area contributed by atoms with Crippen LogP contribution in [0.2, 0.25) is 5.02 Å². The van der Waals surface area contributed by atoms with E-state index in [1.165, 1.54) is 0 Å². The van der Waals surface area contributed by atoms with Gasteiger partial charge < -0.3 is 9.64 Å². The van der Waals surface area contributed by atoms with E-state index in [1.54, 1.807) is 24.5 Å². The third-order valence-corrected chi connectivity index (χ3v) is 4.77. The zero-order valence-electron chi connectivity index (χ0n) is 14.0. The summed E-state index contributed by atoms with van der Waals surface area (Å²) < 4.78 is 7.80. The number of hydrogen-bond donors (Lipinski definition) is 0. The molecular weight excluding hydrogens is 340 g/mol. The van der Waals surface area contributed by atoms with E-state index in [1.807, 2.05) is 17.5 Å². The fourth-order valence-corrected chi connectivity index (χ4v) is 3.40. The Balaban J connectivity index is 1.48. The van der Waals surface area contributed by atoms with Crippen molar-refractivity contribution in [2.24, 2.45) is 5.92 Å². The summed E-state index contributed by atoms with van der Waals surface area (Å²) in [5.74, 6) is 2.62. The van der Waals surface area contributed by atoms with Crippen LogP contribution in [0, 0.1) is 12.8 Å². The fourth-order valence-electron chi connectivity index (χ4n) is 3.22. The number of piperidine rings is 1. The van der Waals surface area contributed by atoms with Gasteiger partial charge in [-0.3, -0.25) is 4.40 Å². The van der Waals surface area contributed by atoms with Crippen LogP contribution in [-0.2, 0) is 0 Å². The van der Waals surface area contributed by atoms with E-state index in [9.17, 15) is 0 Å². The molecule has 4 heterocycles. The third-order valence-electron chi connectivity index (χ3n) is 4.48. The Morgan fingerprint density at radius 3 is 3.08 bits per heavy atom. The highest BCUT2D eigenvalue weighted by Gasteiger charge is 2.24. The summed E-state index contributed by atoms with van der Waals surface area (Å²) in [7, 11) is 0. The van der Waals surface area contributed by atoms with Gasteiger partial charge in [0.2, 0.25) is 11.5 Å². The number of aryl methyl sites for hydroxylation is 1. The highest BCUT2D eigenvalue weighted by molar-refractivity contribution is 6.31. The Morgan fingerprint density at radius 2 is 2.20 bits per heavy atom. The second kappa shape index (κ2) is 6.84. The summed E-state index contributed by atoms with van der Waals surface area (Å²) in [6.07, 6.45) is 7.57. The summed E-state index contributed by atoms with van der Waals surface area (Å²) in [6, 6.07) is 3.58. The number of aromatic nitrogens is 5. The molecule has 1 unspecified atom stereocenters. The van der Waals surface area contributed by atoms with Gasteiger partial charge in [0, 0.05) is 37.6 Å². The predicted octanol–water partition coefficient (Wildman–Crippen LogP) is 2.78. The third kappa shape index (κ3) is 3.24. The van der Waals surface area contributed by atoms with Crippen LogP contribution in [0.3, 0.4) is 0 Å². The van der Waals surface area contributed by atoms with Crippen LogP contribution in [0.4, 0.5) is 5.82 Å². The lowest BCUT2D eigenvalue weighted by Crippen LogP contribution is -2.38. The monoisotopic (exact) mass is 358 g/mol. The van der Waals surface area contributed by atoms with Gasteiger partial charge in [0.1, 0.15) is 10.8 Å². The smallest absolute Gasteiger partial charge is 0.232 e. The summed E-state index contributed by atoms with van der Waals surface area (Å²) in [5, 5.41) is 8.97. The van der Waals surface area contributed by atoms with E-state index in [0.29, 0.717) is 23.4 Å². The zero-order chi connectivity index (χ0) is 17.2. The minimum absolute atomic E-state index is 0.387. The average molecular weight is 359 g/mol. The molecule has 1 atom stereocenters. The minimum atomic E-state index is 0.387. The second-order valence-corrected chi connectivity index (χ2v) is 6.65. The molecular formula is C17H19ClN6O. The molecule has 8 heteroatoms.